The van der Waals surface area contributed by atoms with Crippen LogP contribution in [0.3, 0.4) is 0 Å². The second-order valence-corrected chi connectivity index (χ2v) is 15.1. The van der Waals surface area contributed by atoms with E-state index in [1.165, 1.54) is 42.0 Å². The average molecular weight is 733 g/mol. The number of para-hydroxylation sites is 1. The van der Waals surface area contributed by atoms with Gasteiger partial charge in [0.2, 0.25) is 0 Å². The minimum atomic E-state index is 0.629. The van der Waals surface area contributed by atoms with E-state index in [2.05, 4.69) is 156 Å². The summed E-state index contributed by atoms with van der Waals surface area (Å²) in [7, 11) is 0. The number of rotatable bonds is 6. The zero-order valence-corrected chi connectivity index (χ0v) is 31.0. The number of aromatic nitrogens is 4. The van der Waals surface area contributed by atoms with Gasteiger partial charge in [-0.05, 0) is 58.7 Å². The van der Waals surface area contributed by atoms with Crippen LogP contribution in [0.4, 0.5) is 0 Å². The van der Waals surface area contributed by atoms with Crippen LogP contribution in [0.2, 0.25) is 0 Å². The van der Waals surface area contributed by atoms with E-state index in [4.69, 9.17) is 15.0 Å². The largest absolute Gasteiger partial charge is 0.309 e. The molecule has 0 amide bonds. The van der Waals surface area contributed by atoms with E-state index in [1.807, 2.05) is 53.8 Å². The van der Waals surface area contributed by atoms with Gasteiger partial charge < -0.3 is 4.57 Å². The van der Waals surface area contributed by atoms with Crippen molar-refractivity contribution >= 4 is 53.3 Å². The molecule has 0 unspecified atom stereocenters. The van der Waals surface area contributed by atoms with E-state index in [-0.39, 0.29) is 0 Å². The van der Waals surface area contributed by atoms with Gasteiger partial charge in [-0.3, -0.25) is 0 Å². The smallest absolute Gasteiger partial charge is 0.164 e. The Balaban J connectivity index is 1.05. The molecule has 0 atom stereocenters. The van der Waals surface area contributed by atoms with Crippen molar-refractivity contribution in [1.29, 1.82) is 0 Å². The standard InChI is InChI=1S/C51H32N4S/c1-3-15-33(16-4-1)39-23-7-8-25-42(39)51-53-49(34-17-5-2-6-18-34)52-50(54-51)37-21-13-19-35(31-37)36-20-14-22-38(32-36)55-44-27-11-9-26-43(44)47-45(55)30-29-41-40-24-10-12-28-46(40)56-48(41)47/h1-32H. The Hall–Kier alpha value is -7.21. The molecule has 0 spiro atoms. The molecule has 11 rings (SSSR count). The molecule has 56 heavy (non-hydrogen) atoms. The predicted octanol–water partition coefficient (Wildman–Crippen LogP) is 13.7. The van der Waals surface area contributed by atoms with E-state index in [0.29, 0.717) is 17.5 Å². The number of thiophene rings is 1. The average Bonchev–Trinajstić information content (AvgIpc) is 3.83. The molecule has 0 aliphatic heterocycles. The van der Waals surface area contributed by atoms with Crippen LogP contribution in [0.15, 0.2) is 194 Å². The number of nitrogens with zero attached hydrogens (tertiary/aromatic N) is 4. The monoisotopic (exact) mass is 732 g/mol. The van der Waals surface area contributed by atoms with Gasteiger partial charge in [0.15, 0.2) is 17.5 Å². The van der Waals surface area contributed by atoms with Gasteiger partial charge >= 0.3 is 0 Å². The third kappa shape index (κ3) is 5.40. The molecule has 3 heterocycles. The number of hydrogen-bond donors (Lipinski definition) is 0. The molecule has 8 aromatic carbocycles. The minimum Gasteiger partial charge on any atom is -0.309 e. The van der Waals surface area contributed by atoms with E-state index in [9.17, 15) is 0 Å². The molecular formula is C51H32N4S. The van der Waals surface area contributed by atoms with Gasteiger partial charge in [-0.2, -0.15) is 0 Å². The quantitative estimate of drug-likeness (QED) is 0.171. The Labute approximate surface area is 327 Å². The van der Waals surface area contributed by atoms with Gasteiger partial charge in [0.1, 0.15) is 0 Å². The lowest BCUT2D eigenvalue weighted by molar-refractivity contribution is 1.07. The van der Waals surface area contributed by atoms with Crippen LogP contribution in [0.25, 0.3) is 104 Å². The number of hydrogen-bond acceptors (Lipinski definition) is 4. The lowest BCUT2D eigenvalue weighted by atomic mass is 9.99. The fourth-order valence-electron chi connectivity index (χ4n) is 8.06. The van der Waals surface area contributed by atoms with Crippen molar-refractivity contribution in [1.82, 2.24) is 19.5 Å². The summed E-state index contributed by atoms with van der Waals surface area (Å²) in [5.41, 5.74) is 10.7. The van der Waals surface area contributed by atoms with Crippen molar-refractivity contribution in [2.45, 2.75) is 0 Å². The van der Waals surface area contributed by atoms with Crippen LogP contribution in [-0.4, -0.2) is 19.5 Å². The molecule has 0 bridgehead atoms. The van der Waals surface area contributed by atoms with Crippen molar-refractivity contribution < 1.29 is 0 Å². The fourth-order valence-corrected chi connectivity index (χ4v) is 9.32. The van der Waals surface area contributed by atoms with Crippen LogP contribution in [0.5, 0.6) is 0 Å². The topological polar surface area (TPSA) is 43.6 Å². The van der Waals surface area contributed by atoms with Crippen LogP contribution in [0.1, 0.15) is 0 Å². The maximum absolute atomic E-state index is 5.16. The Kier molecular flexibility index (Phi) is 7.64. The second-order valence-electron chi connectivity index (χ2n) is 14.0. The van der Waals surface area contributed by atoms with E-state index >= 15 is 0 Å². The molecule has 0 aliphatic carbocycles. The highest BCUT2D eigenvalue weighted by atomic mass is 32.1. The highest BCUT2D eigenvalue weighted by Crippen LogP contribution is 2.43. The third-order valence-electron chi connectivity index (χ3n) is 10.7. The van der Waals surface area contributed by atoms with Crippen molar-refractivity contribution in [2.75, 3.05) is 0 Å². The second kappa shape index (κ2) is 13.3. The fraction of sp³-hybridized carbons (Fsp3) is 0. The Morgan fingerprint density at radius 2 is 0.946 bits per heavy atom. The molecule has 11 aromatic rings. The summed E-state index contributed by atoms with van der Waals surface area (Å²) in [5.74, 6) is 1.91. The molecular weight excluding hydrogens is 701 g/mol. The van der Waals surface area contributed by atoms with E-state index in [0.717, 1.165) is 44.6 Å². The molecule has 4 nitrogen and oxygen atoms in total. The summed E-state index contributed by atoms with van der Waals surface area (Å²) >= 11 is 1.88. The molecule has 0 saturated carbocycles. The summed E-state index contributed by atoms with van der Waals surface area (Å²) in [6, 6.07) is 68.4. The lowest BCUT2D eigenvalue weighted by Crippen LogP contribution is -2.01. The lowest BCUT2D eigenvalue weighted by Gasteiger charge is -2.13. The van der Waals surface area contributed by atoms with Gasteiger partial charge in [-0.15, -0.1) is 11.3 Å². The summed E-state index contributed by atoms with van der Waals surface area (Å²) in [6.45, 7) is 0. The van der Waals surface area contributed by atoms with Crippen LogP contribution < -0.4 is 0 Å². The Bertz CT molecular complexity index is 3250. The van der Waals surface area contributed by atoms with Crippen molar-refractivity contribution in [2.24, 2.45) is 0 Å². The normalized spacial score (nSPS) is 11.6. The molecule has 0 aliphatic rings. The van der Waals surface area contributed by atoms with E-state index in [1.54, 1.807) is 0 Å². The molecule has 0 fully saturated rings. The first-order valence-corrected chi connectivity index (χ1v) is 19.6. The number of benzene rings is 8. The van der Waals surface area contributed by atoms with Gasteiger partial charge in [-0.25, -0.2) is 15.0 Å². The molecule has 0 radical (unpaired) electrons. The maximum Gasteiger partial charge on any atom is 0.164 e. The minimum absolute atomic E-state index is 0.629. The van der Waals surface area contributed by atoms with Crippen molar-refractivity contribution in [3.05, 3.63) is 194 Å². The molecule has 0 saturated heterocycles. The van der Waals surface area contributed by atoms with E-state index < -0.39 is 0 Å². The molecule has 3 aromatic heterocycles. The number of fused-ring (bicyclic) bond motifs is 7. The summed E-state index contributed by atoms with van der Waals surface area (Å²) in [6.07, 6.45) is 0. The van der Waals surface area contributed by atoms with Gasteiger partial charge in [-0.1, -0.05) is 158 Å². The summed E-state index contributed by atoms with van der Waals surface area (Å²) in [4.78, 5) is 15.3. The maximum atomic E-state index is 5.16. The summed E-state index contributed by atoms with van der Waals surface area (Å²) < 4.78 is 5.06. The SMILES string of the molecule is c1ccc(-c2nc(-c3cccc(-c4cccc(-n5c6ccccc6c6c7sc8ccccc8c7ccc65)c4)c3)nc(-c3ccccc3-c3ccccc3)n2)cc1. The molecule has 5 heteroatoms. The first kappa shape index (κ1) is 32.2. The first-order chi connectivity index (χ1) is 27.8. The Morgan fingerprint density at radius 1 is 0.357 bits per heavy atom. The third-order valence-corrected chi connectivity index (χ3v) is 11.9. The zero-order chi connectivity index (χ0) is 37.0. The van der Waals surface area contributed by atoms with Gasteiger partial charge in [0.25, 0.3) is 0 Å². The van der Waals surface area contributed by atoms with Gasteiger partial charge in [0.05, 0.1) is 11.0 Å². The highest BCUT2D eigenvalue weighted by molar-refractivity contribution is 7.26. The van der Waals surface area contributed by atoms with Gasteiger partial charge in [0, 0.05) is 53.3 Å². The molecule has 0 N–H and O–H groups in total. The predicted molar refractivity (Wildman–Crippen MR) is 234 cm³/mol. The summed E-state index contributed by atoms with van der Waals surface area (Å²) in [5, 5.41) is 5.20. The Morgan fingerprint density at radius 3 is 1.77 bits per heavy atom. The van der Waals surface area contributed by atoms with Crippen molar-refractivity contribution in [3.8, 4) is 62.1 Å². The van der Waals surface area contributed by atoms with Crippen LogP contribution in [-0.2, 0) is 0 Å². The molecule has 262 valence electrons. The van der Waals surface area contributed by atoms with Crippen molar-refractivity contribution in [3.63, 3.8) is 0 Å². The van der Waals surface area contributed by atoms with Crippen LogP contribution >= 0.6 is 11.3 Å². The van der Waals surface area contributed by atoms with Crippen LogP contribution in [0, 0.1) is 0 Å². The first-order valence-electron chi connectivity index (χ1n) is 18.8. The zero-order valence-electron chi connectivity index (χ0n) is 30.2. The highest BCUT2D eigenvalue weighted by Gasteiger charge is 2.19.